The summed E-state index contributed by atoms with van der Waals surface area (Å²) >= 11 is 0. The number of nitrogens with two attached hydrogens (primary N) is 1. The fraction of sp³-hybridized carbons (Fsp3) is 0.250. The molecule has 0 saturated carbocycles. The van der Waals surface area contributed by atoms with E-state index in [1.54, 1.807) is 34.3 Å². The Morgan fingerprint density at radius 2 is 1.78 bits per heavy atom. The molecule has 3 aromatic rings. The Hall–Kier alpha value is -3.94. The third-order valence-corrected chi connectivity index (χ3v) is 5.44. The van der Waals surface area contributed by atoms with Gasteiger partial charge in [0.15, 0.2) is 0 Å². The fourth-order valence-electron chi connectivity index (χ4n) is 3.76. The van der Waals surface area contributed by atoms with E-state index in [-0.39, 0.29) is 5.91 Å². The second kappa shape index (κ2) is 9.91. The van der Waals surface area contributed by atoms with Gasteiger partial charge in [-0.2, -0.15) is 5.10 Å². The van der Waals surface area contributed by atoms with E-state index in [0.29, 0.717) is 39.1 Å². The van der Waals surface area contributed by atoms with Gasteiger partial charge in [-0.3, -0.25) is 14.5 Å². The molecule has 0 aliphatic carbocycles. The predicted molar refractivity (Wildman–Crippen MR) is 122 cm³/mol. The van der Waals surface area contributed by atoms with Crippen LogP contribution in [0, 0.1) is 0 Å². The second-order valence-corrected chi connectivity index (χ2v) is 7.70. The van der Waals surface area contributed by atoms with Crippen molar-refractivity contribution in [2.75, 3.05) is 26.2 Å². The van der Waals surface area contributed by atoms with Crippen LogP contribution < -0.4 is 5.73 Å². The Balaban J connectivity index is 1.54. The van der Waals surface area contributed by atoms with Crippen LogP contribution in [0.3, 0.4) is 0 Å². The number of hydrogen-bond acceptors (Lipinski definition) is 4. The first-order chi connectivity index (χ1) is 15.6. The monoisotopic (exact) mass is 430 g/mol. The van der Waals surface area contributed by atoms with Crippen LogP contribution in [-0.2, 0) is 11.3 Å². The lowest BCUT2D eigenvalue weighted by molar-refractivity contribution is -0.125. The number of amides is 3. The minimum absolute atomic E-state index is 0.0933. The maximum atomic E-state index is 12.8. The molecular weight excluding hydrogens is 404 g/mol. The maximum Gasteiger partial charge on any atom is 0.314 e. The van der Waals surface area contributed by atoms with Crippen molar-refractivity contribution in [1.29, 1.82) is 0 Å². The van der Waals surface area contributed by atoms with Gasteiger partial charge in [0, 0.05) is 62.0 Å². The standard InChI is InChI=1S/C24H26N6O2/c25-24(32)29-13-5-12-28(14-15-29)22(31)10-9-21-18-30(17-19-6-2-1-3-7-19)27-23(21)20-8-4-11-26-16-20/h1-4,6-11,16,18H,5,12-15,17H2,(H2,25,32). The molecule has 2 aromatic heterocycles. The van der Waals surface area contributed by atoms with Crippen LogP contribution in [-0.4, -0.2) is 62.7 Å². The molecule has 8 heteroatoms. The van der Waals surface area contributed by atoms with E-state index in [0.717, 1.165) is 22.4 Å². The average Bonchev–Trinajstić information content (AvgIpc) is 3.04. The lowest BCUT2D eigenvalue weighted by Gasteiger charge is -2.19. The summed E-state index contributed by atoms with van der Waals surface area (Å²) in [6.07, 6.45) is 9.51. The number of carbonyl (C=O) groups excluding carboxylic acids is 2. The average molecular weight is 431 g/mol. The number of urea groups is 1. The Kier molecular flexibility index (Phi) is 6.60. The van der Waals surface area contributed by atoms with Crippen molar-refractivity contribution in [1.82, 2.24) is 24.6 Å². The van der Waals surface area contributed by atoms with Crippen LogP contribution in [0.1, 0.15) is 17.5 Å². The van der Waals surface area contributed by atoms with Crippen molar-refractivity contribution >= 4 is 18.0 Å². The molecule has 0 spiro atoms. The van der Waals surface area contributed by atoms with E-state index in [2.05, 4.69) is 17.1 Å². The largest absolute Gasteiger partial charge is 0.351 e. The lowest BCUT2D eigenvalue weighted by atomic mass is 10.1. The van der Waals surface area contributed by atoms with Crippen LogP contribution in [0.25, 0.3) is 17.3 Å². The van der Waals surface area contributed by atoms with Crippen molar-refractivity contribution < 1.29 is 9.59 Å². The van der Waals surface area contributed by atoms with Crippen LogP contribution in [0.5, 0.6) is 0 Å². The molecule has 1 fully saturated rings. The summed E-state index contributed by atoms with van der Waals surface area (Å²) in [5, 5.41) is 4.75. The molecule has 0 atom stereocenters. The van der Waals surface area contributed by atoms with Crippen molar-refractivity contribution in [3.05, 3.63) is 78.3 Å². The zero-order valence-corrected chi connectivity index (χ0v) is 17.8. The lowest BCUT2D eigenvalue weighted by Crippen LogP contribution is -2.39. The second-order valence-electron chi connectivity index (χ2n) is 7.70. The highest BCUT2D eigenvalue weighted by Crippen LogP contribution is 2.23. The molecule has 3 heterocycles. The van der Waals surface area contributed by atoms with Crippen LogP contribution in [0.2, 0.25) is 0 Å². The first kappa shape index (κ1) is 21.3. The Labute approximate surface area is 187 Å². The molecule has 32 heavy (non-hydrogen) atoms. The van der Waals surface area contributed by atoms with Gasteiger partial charge in [-0.1, -0.05) is 30.3 Å². The summed E-state index contributed by atoms with van der Waals surface area (Å²) in [4.78, 5) is 31.8. The number of carbonyl (C=O) groups is 2. The number of primary amides is 1. The predicted octanol–water partition coefficient (Wildman–Crippen LogP) is 2.62. The van der Waals surface area contributed by atoms with Gasteiger partial charge >= 0.3 is 6.03 Å². The van der Waals surface area contributed by atoms with E-state index < -0.39 is 6.03 Å². The van der Waals surface area contributed by atoms with Gasteiger partial charge in [0.1, 0.15) is 5.69 Å². The van der Waals surface area contributed by atoms with Gasteiger partial charge in [-0.15, -0.1) is 0 Å². The van der Waals surface area contributed by atoms with Crippen LogP contribution in [0.4, 0.5) is 4.79 Å². The molecule has 1 aliphatic heterocycles. The molecule has 8 nitrogen and oxygen atoms in total. The van der Waals surface area contributed by atoms with Gasteiger partial charge in [0.05, 0.1) is 6.54 Å². The highest BCUT2D eigenvalue weighted by Gasteiger charge is 2.19. The number of nitrogens with zero attached hydrogens (tertiary/aromatic N) is 5. The Morgan fingerprint density at radius 1 is 1.00 bits per heavy atom. The van der Waals surface area contributed by atoms with Crippen LogP contribution >= 0.6 is 0 Å². The highest BCUT2D eigenvalue weighted by molar-refractivity contribution is 5.93. The van der Waals surface area contributed by atoms with E-state index >= 15 is 0 Å². The van der Waals surface area contributed by atoms with Gasteiger partial charge in [0.2, 0.25) is 5.91 Å². The molecule has 1 aliphatic rings. The molecule has 2 N–H and O–H groups in total. The van der Waals surface area contributed by atoms with Gasteiger partial charge < -0.3 is 15.5 Å². The maximum absolute atomic E-state index is 12.8. The Bertz CT molecular complexity index is 1090. The topological polar surface area (TPSA) is 97.4 Å². The number of pyridine rings is 1. The van der Waals surface area contributed by atoms with Crippen molar-refractivity contribution in [2.45, 2.75) is 13.0 Å². The molecular formula is C24H26N6O2. The zero-order chi connectivity index (χ0) is 22.3. The number of benzene rings is 1. The molecule has 1 saturated heterocycles. The highest BCUT2D eigenvalue weighted by atomic mass is 16.2. The molecule has 3 amide bonds. The number of hydrogen-bond donors (Lipinski definition) is 1. The molecule has 164 valence electrons. The molecule has 4 rings (SSSR count). The third kappa shape index (κ3) is 5.21. The van der Waals surface area contributed by atoms with Gasteiger partial charge in [-0.05, 0) is 30.2 Å². The third-order valence-electron chi connectivity index (χ3n) is 5.44. The van der Waals surface area contributed by atoms with E-state index in [4.69, 9.17) is 10.8 Å². The SMILES string of the molecule is NC(=O)N1CCCN(C(=O)C=Cc2cn(Cc3ccccc3)nc2-c2cccnc2)CC1. The van der Waals surface area contributed by atoms with Gasteiger partial charge in [-0.25, -0.2) is 4.79 Å². The number of rotatable bonds is 5. The van der Waals surface area contributed by atoms with Crippen molar-refractivity contribution in [2.24, 2.45) is 5.73 Å². The molecule has 1 aromatic carbocycles. The van der Waals surface area contributed by atoms with Crippen molar-refractivity contribution in [3.8, 4) is 11.3 Å². The first-order valence-corrected chi connectivity index (χ1v) is 10.6. The quantitative estimate of drug-likeness (QED) is 0.629. The summed E-state index contributed by atoms with van der Waals surface area (Å²) in [5.41, 5.74) is 9.02. The molecule has 0 unspecified atom stereocenters. The number of aromatic nitrogens is 3. The summed E-state index contributed by atoms with van der Waals surface area (Å²) < 4.78 is 1.87. The van der Waals surface area contributed by atoms with Crippen molar-refractivity contribution in [3.63, 3.8) is 0 Å². The fourth-order valence-corrected chi connectivity index (χ4v) is 3.76. The molecule has 0 bridgehead atoms. The summed E-state index contributed by atoms with van der Waals surface area (Å²) in [6, 6.07) is 13.5. The first-order valence-electron chi connectivity index (χ1n) is 10.6. The summed E-state index contributed by atoms with van der Waals surface area (Å²) in [7, 11) is 0. The normalized spacial score (nSPS) is 14.5. The summed E-state index contributed by atoms with van der Waals surface area (Å²) in [5.74, 6) is -0.0933. The smallest absolute Gasteiger partial charge is 0.314 e. The van der Waals surface area contributed by atoms with E-state index in [1.165, 1.54) is 0 Å². The van der Waals surface area contributed by atoms with E-state index in [1.807, 2.05) is 41.2 Å². The Morgan fingerprint density at radius 3 is 2.53 bits per heavy atom. The van der Waals surface area contributed by atoms with E-state index in [9.17, 15) is 9.59 Å². The zero-order valence-electron chi connectivity index (χ0n) is 17.8. The molecule has 0 radical (unpaired) electrons. The minimum Gasteiger partial charge on any atom is -0.351 e. The summed E-state index contributed by atoms with van der Waals surface area (Å²) in [6.45, 7) is 2.71. The van der Waals surface area contributed by atoms with Crippen LogP contribution in [0.15, 0.2) is 67.1 Å². The van der Waals surface area contributed by atoms with Gasteiger partial charge in [0.25, 0.3) is 0 Å². The minimum atomic E-state index is -0.443.